The molecule has 5 aliphatic rings. The molecule has 18 heteroatoms. The highest BCUT2D eigenvalue weighted by atomic mass is 32.2. The zero-order valence-electron chi connectivity index (χ0n) is 42.6. The van der Waals surface area contributed by atoms with E-state index in [1.54, 1.807) is 32.2 Å². The summed E-state index contributed by atoms with van der Waals surface area (Å²) in [5, 5.41) is 4.04. The van der Waals surface area contributed by atoms with Gasteiger partial charge in [-0.05, 0) is 147 Å². The topological polar surface area (TPSA) is 170 Å². The summed E-state index contributed by atoms with van der Waals surface area (Å²) in [4.78, 5) is 44.5. The Hall–Kier alpha value is -5.53. The van der Waals surface area contributed by atoms with Crippen LogP contribution in [0.2, 0.25) is 0 Å². The number of carbonyl (C=O) groups excluding carboxylic acids is 1. The van der Waals surface area contributed by atoms with E-state index in [1.807, 2.05) is 51.1 Å². The quantitative estimate of drug-likeness (QED) is 0.115. The van der Waals surface area contributed by atoms with E-state index in [9.17, 15) is 18.0 Å². The van der Waals surface area contributed by atoms with Crippen molar-refractivity contribution < 1.29 is 40.9 Å². The monoisotopic (exact) mass is 1020 g/mol. The van der Waals surface area contributed by atoms with Crippen molar-refractivity contribution >= 4 is 43.9 Å². The lowest BCUT2D eigenvalue weighted by Gasteiger charge is -2.45. The van der Waals surface area contributed by atoms with Crippen LogP contribution in [0.1, 0.15) is 117 Å². The van der Waals surface area contributed by atoms with Crippen LogP contribution >= 0.6 is 0 Å². The van der Waals surface area contributed by atoms with Gasteiger partial charge in [-0.3, -0.25) is 4.79 Å². The van der Waals surface area contributed by atoms with Crippen LogP contribution < -0.4 is 15.8 Å². The Bertz CT molecular complexity index is 3120. The number of aromatic nitrogens is 4. The molecule has 2 aromatic carbocycles. The SMILES string of the molecule is CC1=CC=CCC1(C)S(=O)(=O)n1ccc2c(-c3ccc4nc(N5CCC(N6CCC(C)(NC(=O)OC(C)(C)C)CC6)CC5)nc(C(COC5CCCCO5)(OC5CC5)c5cc(F)cc(F)c5)c4c3)c[nH]c(=O)c21. The number of nitrogens with zero attached hydrogens (tertiary/aromatic N) is 5. The Morgan fingerprint density at radius 3 is 2.36 bits per heavy atom. The molecule has 0 bridgehead atoms. The van der Waals surface area contributed by atoms with Gasteiger partial charge in [0.1, 0.15) is 27.5 Å². The molecule has 3 aliphatic heterocycles. The summed E-state index contributed by atoms with van der Waals surface area (Å²) < 4.78 is 85.5. The smallest absolute Gasteiger partial charge is 0.408 e. The Balaban J connectivity index is 1.05. The van der Waals surface area contributed by atoms with Gasteiger partial charge in [0.15, 0.2) is 11.9 Å². The molecule has 2 N–H and O–H groups in total. The third kappa shape index (κ3) is 10.2. The third-order valence-corrected chi connectivity index (χ3v) is 18.0. The average Bonchev–Trinajstić information content (AvgIpc) is 4.05. The van der Waals surface area contributed by atoms with Crippen molar-refractivity contribution in [2.24, 2.45) is 0 Å². The number of hydrogen-bond donors (Lipinski definition) is 2. The van der Waals surface area contributed by atoms with Crippen molar-refractivity contribution in [1.29, 1.82) is 0 Å². The van der Waals surface area contributed by atoms with Crippen molar-refractivity contribution in [3.05, 3.63) is 112 Å². The molecule has 3 atom stereocenters. The molecule has 73 heavy (non-hydrogen) atoms. The molecule has 4 fully saturated rings. The number of hydrogen-bond acceptors (Lipinski definition) is 12. The van der Waals surface area contributed by atoms with Crippen LogP contribution in [-0.2, 0) is 34.6 Å². The molecule has 3 saturated heterocycles. The van der Waals surface area contributed by atoms with E-state index >= 15 is 8.78 Å². The molecule has 10 rings (SSSR count). The number of allylic oxidation sites excluding steroid dienone is 3. The van der Waals surface area contributed by atoms with Crippen LogP contribution in [0.25, 0.3) is 32.9 Å². The van der Waals surface area contributed by atoms with E-state index in [4.69, 9.17) is 28.9 Å². The second kappa shape index (κ2) is 19.6. The van der Waals surface area contributed by atoms with Crippen molar-refractivity contribution in [2.45, 2.75) is 146 Å². The molecule has 3 unspecified atom stereocenters. The number of halogens is 2. The van der Waals surface area contributed by atoms with Crippen LogP contribution in [0.15, 0.2) is 83.5 Å². The van der Waals surface area contributed by atoms with E-state index in [0.29, 0.717) is 76.8 Å². The first kappa shape index (κ1) is 51.0. The minimum Gasteiger partial charge on any atom is -0.444 e. The van der Waals surface area contributed by atoms with Gasteiger partial charge >= 0.3 is 6.09 Å². The molecule has 5 aromatic rings. The van der Waals surface area contributed by atoms with Gasteiger partial charge in [0.2, 0.25) is 16.0 Å². The second-order valence-electron chi connectivity index (χ2n) is 22.1. The van der Waals surface area contributed by atoms with E-state index in [-0.39, 0.29) is 35.8 Å². The first-order valence-corrected chi connectivity index (χ1v) is 27.2. The molecule has 390 valence electrons. The predicted molar refractivity (Wildman–Crippen MR) is 276 cm³/mol. The molecule has 2 aliphatic carbocycles. The molecule has 1 amide bonds. The maximum atomic E-state index is 15.7. The van der Waals surface area contributed by atoms with Gasteiger partial charge < -0.3 is 39.0 Å². The van der Waals surface area contributed by atoms with Crippen LogP contribution in [0.3, 0.4) is 0 Å². The standard InChI is InChI=1S/C55H67F2N7O8S/c1-35-11-7-9-20-54(35,6)73(67,68)64-25-19-42-44(33-58-49(65)47(42)64)36-13-16-45-43(29-36)48(55(71-41-14-15-41,34-70-46-12-8-10-28-69-46)37-30-38(56)32-39(57)31-37)60-50(59-45)63-23-17-40(18-24-63)62-26-21-53(5,22-27-62)61-51(66)72-52(2,3)4/h7,9,11,13,16,19,25,29-33,40-41,46H,8,10,12,14-15,17-18,20-24,26-28,34H2,1-6H3,(H,58,65)(H,61,66). The fourth-order valence-electron chi connectivity index (χ4n) is 10.9. The number of alkyl carbamates (subject to hydrolysis) is 1. The summed E-state index contributed by atoms with van der Waals surface area (Å²) in [5.41, 5.74) is -0.346. The highest BCUT2D eigenvalue weighted by Gasteiger charge is 2.47. The Morgan fingerprint density at radius 2 is 1.68 bits per heavy atom. The van der Waals surface area contributed by atoms with Crippen LogP contribution in [0, 0.1) is 11.6 Å². The maximum absolute atomic E-state index is 15.7. The van der Waals surface area contributed by atoms with Gasteiger partial charge in [0.05, 0.1) is 23.9 Å². The first-order valence-electron chi connectivity index (χ1n) is 25.8. The molecule has 1 saturated carbocycles. The molecule has 0 spiro atoms. The predicted octanol–water partition coefficient (Wildman–Crippen LogP) is 9.37. The normalized spacial score (nSPS) is 23.1. The zero-order chi connectivity index (χ0) is 51.5. The summed E-state index contributed by atoms with van der Waals surface area (Å²) in [6, 6.07) is 10.9. The summed E-state index contributed by atoms with van der Waals surface area (Å²) in [5.74, 6) is -1.14. The van der Waals surface area contributed by atoms with Crippen molar-refractivity contribution in [3.8, 4) is 11.1 Å². The van der Waals surface area contributed by atoms with Crippen LogP contribution in [0.4, 0.5) is 19.5 Å². The average molecular weight is 1020 g/mol. The number of likely N-dealkylation sites (tertiary alicyclic amines) is 1. The number of amides is 1. The fraction of sp³-hybridized carbons (Fsp3) is 0.527. The number of nitrogens with one attached hydrogen (secondary N) is 2. The van der Waals surface area contributed by atoms with Gasteiger partial charge in [-0.2, -0.15) is 0 Å². The molecule has 6 heterocycles. The highest BCUT2D eigenvalue weighted by molar-refractivity contribution is 7.91. The van der Waals surface area contributed by atoms with Gasteiger partial charge in [0.25, 0.3) is 5.56 Å². The number of benzene rings is 2. The van der Waals surface area contributed by atoms with Gasteiger partial charge in [-0.25, -0.2) is 35.9 Å². The van der Waals surface area contributed by atoms with Gasteiger partial charge in [-0.15, -0.1) is 0 Å². The first-order chi connectivity index (χ1) is 34.7. The number of H-pyrrole nitrogens is 1. The third-order valence-electron chi connectivity index (χ3n) is 15.5. The lowest BCUT2D eigenvalue weighted by atomic mass is 9.87. The largest absolute Gasteiger partial charge is 0.444 e. The fourth-order valence-corrected chi connectivity index (χ4v) is 12.8. The molecule has 0 radical (unpaired) electrons. The Kier molecular flexibility index (Phi) is 13.7. The lowest BCUT2D eigenvalue weighted by molar-refractivity contribution is -0.197. The number of rotatable bonds is 13. The second-order valence-corrected chi connectivity index (χ2v) is 24.3. The lowest BCUT2D eigenvalue weighted by Crippen LogP contribution is -2.57. The van der Waals surface area contributed by atoms with Crippen LogP contribution in [0.5, 0.6) is 0 Å². The summed E-state index contributed by atoms with van der Waals surface area (Å²) in [7, 11) is -4.14. The number of piperidine rings is 2. The van der Waals surface area contributed by atoms with E-state index < -0.39 is 55.5 Å². The van der Waals surface area contributed by atoms with E-state index in [2.05, 4.69) is 27.0 Å². The van der Waals surface area contributed by atoms with Gasteiger partial charge in [0, 0.05) is 79.2 Å². The Morgan fingerprint density at radius 1 is 0.945 bits per heavy atom. The molecule has 3 aromatic heterocycles. The number of ether oxygens (including phenoxy) is 4. The number of fused-ring (bicyclic) bond motifs is 2. The Labute approximate surface area is 425 Å². The maximum Gasteiger partial charge on any atom is 0.408 e. The van der Waals surface area contributed by atoms with E-state index in [0.717, 1.165) is 74.5 Å². The number of aromatic amines is 1. The highest BCUT2D eigenvalue weighted by Crippen LogP contribution is 2.45. The number of anilines is 1. The molecular formula is C55H67F2N7O8S. The minimum atomic E-state index is -4.14. The van der Waals surface area contributed by atoms with Gasteiger partial charge in [-0.1, -0.05) is 29.9 Å². The van der Waals surface area contributed by atoms with Crippen LogP contribution in [-0.4, -0.2) is 112 Å². The van der Waals surface area contributed by atoms with Crippen molar-refractivity contribution in [1.82, 2.24) is 29.1 Å². The zero-order valence-corrected chi connectivity index (χ0v) is 43.5. The molecular weight excluding hydrogens is 957 g/mol. The number of carbonyl (C=O) groups is 1. The summed E-state index contributed by atoms with van der Waals surface area (Å²) >= 11 is 0. The van der Waals surface area contributed by atoms with E-state index in [1.165, 1.54) is 18.3 Å². The summed E-state index contributed by atoms with van der Waals surface area (Å²) in [6.45, 7) is 14.3. The van der Waals surface area contributed by atoms with Crippen molar-refractivity contribution in [3.63, 3.8) is 0 Å². The number of pyridine rings is 1. The molecule has 15 nitrogen and oxygen atoms in total. The summed E-state index contributed by atoms with van der Waals surface area (Å²) in [6.07, 6.45) is 14.5. The van der Waals surface area contributed by atoms with Crippen molar-refractivity contribution in [2.75, 3.05) is 44.3 Å². The minimum absolute atomic E-state index is 0.0185.